The van der Waals surface area contributed by atoms with Gasteiger partial charge in [-0.05, 0) is 56.9 Å². The van der Waals surface area contributed by atoms with Gasteiger partial charge in [0.2, 0.25) is 0 Å². The maximum atomic E-state index is 13.1. The van der Waals surface area contributed by atoms with Gasteiger partial charge in [-0.25, -0.2) is 4.79 Å². The molecule has 2 saturated heterocycles. The Morgan fingerprint density at radius 2 is 1.87 bits per heavy atom. The van der Waals surface area contributed by atoms with Gasteiger partial charge in [0.25, 0.3) is 0 Å². The van der Waals surface area contributed by atoms with E-state index < -0.39 is 0 Å². The lowest BCUT2D eigenvalue weighted by atomic mass is 9.81. The minimum absolute atomic E-state index is 0.0974. The van der Waals surface area contributed by atoms with Crippen LogP contribution in [0.2, 0.25) is 0 Å². The molecule has 2 heterocycles. The summed E-state index contributed by atoms with van der Waals surface area (Å²) < 4.78 is 0. The Balaban J connectivity index is 1.38. The van der Waals surface area contributed by atoms with E-state index in [1.165, 1.54) is 50.5 Å². The highest BCUT2D eigenvalue weighted by molar-refractivity contribution is 6.10. The number of benzene rings is 1. The molecule has 4 fully saturated rings. The van der Waals surface area contributed by atoms with E-state index in [4.69, 9.17) is 4.99 Å². The van der Waals surface area contributed by atoms with Crippen molar-refractivity contribution < 1.29 is 4.79 Å². The normalized spacial score (nSPS) is 32.2. The fraction of sp³-hybridized carbons (Fsp3) is 0.680. The highest BCUT2D eigenvalue weighted by Crippen LogP contribution is 2.41. The second-order valence-corrected chi connectivity index (χ2v) is 10.0. The summed E-state index contributed by atoms with van der Waals surface area (Å²) in [6.45, 7) is 5.23. The zero-order chi connectivity index (χ0) is 20.6. The van der Waals surface area contributed by atoms with Crippen molar-refractivity contribution in [3.05, 3.63) is 35.9 Å². The van der Waals surface area contributed by atoms with Gasteiger partial charge in [-0.1, -0.05) is 49.6 Å². The first-order chi connectivity index (χ1) is 14.6. The van der Waals surface area contributed by atoms with Crippen molar-refractivity contribution in [3.8, 4) is 0 Å². The average molecular weight is 409 g/mol. The maximum absolute atomic E-state index is 13.1. The van der Waals surface area contributed by atoms with Crippen LogP contribution in [0.15, 0.2) is 35.3 Å². The van der Waals surface area contributed by atoms with Crippen LogP contribution < -0.4 is 5.32 Å². The molecule has 2 unspecified atom stereocenters. The molecule has 5 heteroatoms. The molecule has 4 aliphatic rings. The molecule has 1 N–H and O–H groups in total. The molecule has 0 bridgehead atoms. The molecule has 1 spiro atoms. The number of carbonyl (C=O) groups is 1. The Labute approximate surface area is 180 Å². The van der Waals surface area contributed by atoms with E-state index in [1.54, 1.807) is 0 Å². The number of likely N-dealkylation sites (tertiary alicyclic amines) is 1. The van der Waals surface area contributed by atoms with Gasteiger partial charge in [0.15, 0.2) is 0 Å². The predicted octanol–water partition coefficient (Wildman–Crippen LogP) is 4.58. The van der Waals surface area contributed by atoms with Crippen LogP contribution in [0, 0.1) is 5.92 Å². The fourth-order valence-electron chi connectivity index (χ4n) is 5.75. The molecule has 2 atom stereocenters. The molecule has 0 aromatic heterocycles. The molecule has 1 aromatic rings. The Morgan fingerprint density at radius 1 is 1.10 bits per heavy atom. The van der Waals surface area contributed by atoms with Gasteiger partial charge in [-0.3, -0.25) is 15.2 Å². The predicted molar refractivity (Wildman–Crippen MR) is 121 cm³/mol. The van der Waals surface area contributed by atoms with Crippen LogP contribution in [-0.4, -0.2) is 52.4 Å². The molecule has 1 aromatic carbocycles. The smallest absolute Gasteiger partial charge is 0.311 e. The summed E-state index contributed by atoms with van der Waals surface area (Å²) in [5.74, 6) is 1.69. The van der Waals surface area contributed by atoms with Crippen molar-refractivity contribution >= 4 is 11.9 Å². The van der Waals surface area contributed by atoms with Crippen LogP contribution >= 0.6 is 0 Å². The third-order valence-electron chi connectivity index (χ3n) is 7.75. The second-order valence-electron chi connectivity index (χ2n) is 10.0. The molecular formula is C25H36N4O. The van der Waals surface area contributed by atoms with Gasteiger partial charge < -0.3 is 4.90 Å². The van der Waals surface area contributed by atoms with Crippen LogP contribution in [0.4, 0.5) is 4.79 Å². The molecule has 2 saturated carbocycles. The third kappa shape index (κ3) is 4.01. The summed E-state index contributed by atoms with van der Waals surface area (Å²) in [4.78, 5) is 23.0. The van der Waals surface area contributed by atoms with Gasteiger partial charge in [-0.15, -0.1) is 0 Å². The largest absolute Gasteiger partial charge is 0.323 e. The Morgan fingerprint density at radius 3 is 2.57 bits per heavy atom. The number of hydrogen-bond acceptors (Lipinski definition) is 3. The minimum Gasteiger partial charge on any atom is -0.311 e. The van der Waals surface area contributed by atoms with Gasteiger partial charge >= 0.3 is 6.03 Å². The monoisotopic (exact) mass is 408 g/mol. The first kappa shape index (κ1) is 20.0. The fourth-order valence-corrected chi connectivity index (χ4v) is 5.75. The third-order valence-corrected chi connectivity index (χ3v) is 7.75. The number of urea groups is 1. The molecular weight excluding hydrogens is 372 g/mol. The quantitative estimate of drug-likeness (QED) is 0.775. The van der Waals surface area contributed by atoms with Crippen LogP contribution in [0.3, 0.4) is 0 Å². The van der Waals surface area contributed by atoms with E-state index in [9.17, 15) is 4.79 Å². The van der Waals surface area contributed by atoms with E-state index in [2.05, 4.69) is 52.4 Å². The topological polar surface area (TPSA) is 47.9 Å². The number of hydrogen-bond donors (Lipinski definition) is 1. The van der Waals surface area contributed by atoms with Crippen LogP contribution in [0.1, 0.15) is 70.3 Å². The second kappa shape index (κ2) is 8.33. The molecule has 0 radical (unpaired) electrons. The summed E-state index contributed by atoms with van der Waals surface area (Å²) in [6.07, 6.45) is 10.7. The van der Waals surface area contributed by atoms with Crippen molar-refractivity contribution in [1.82, 2.24) is 15.1 Å². The highest BCUT2D eigenvalue weighted by atomic mass is 16.2. The van der Waals surface area contributed by atoms with Gasteiger partial charge in [0.1, 0.15) is 11.4 Å². The van der Waals surface area contributed by atoms with Crippen LogP contribution in [-0.2, 0) is 6.54 Å². The standard InChI is InChI=1S/C25H36N4O/c1-19-16-25(14-15-28(19)17-20-8-4-2-5-9-20)23(26-22-10-6-3-7-11-22)27-24(30)29(25)18-21-12-13-21/h2,4-5,8-9,19,21-22H,3,6-7,10-18H2,1H3,(H,26,27,30). The Hall–Kier alpha value is -1.88. The maximum Gasteiger partial charge on any atom is 0.323 e. The van der Waals surface area contributed by atoms with E-state index in [0.717, 1.165) is 38.3 Å². The lowest BCUT2D eigenvalue weighted by molar-refractivity contribution is 0.0607. The van der Waals surface area contributed by atoms with Gasteiger partial charge in [-0.2, -0.15) is 0 Å². The molecule has 5 rings (SSSR count). The molecule has 2 aliphatic carbocycles. The summed E-state index contributed by atoms with van der Waals surface area (Å²) in [6, 6.07) is 11.7. The number of carbonyl (C=O) groups excluding carboxylic acids is 1. The zero-order valence-electron chi connectivity index (χ0n) is 18.4. The lowest BCUT2D eigenvalue weighted by Crippen LogP contribution is -2.59. The molecule has 30 heavy (non-hydrogen) atoms. The first-order valence-electron chi connectivity index (χ1n) is 12.1. The number of amides is 2. The average Bonchev–Trinajstić information content (AvgIpc) is 3.55. The summed E-state index contributed by atoms with van der Waals surface area (Å²) in [5.41, 5.74) is 1.15. The SMILES string of the molecule is CC1CC2(CCN1Cc1ccccc1)C(=NC1CCCCC1)NC(=O)N2CC1CC1. The summed E-state index contributed by atoms with van der Waals surface area (Å²) >= 11 is 0. The molecule has 5 nitrogen and oxygen atoms in total. The molecule has 2 amide bonds. The van der Waals surface area contributed by atoms with Crippen molar-refractivity contribution in [2.75, 3.05) is 13.1 Å². The Bertz CT molecular complexity index is 784. The Kier molecular flexibility index (Phi) is 5.57. The minimum atomic E-state index is -0.219. The zero-order valence-corrected chi connectivity index (χ0v) is 18.4. The van der Waals surface area contributed by atoms with Gasteiger partial charge in [0, 0.05) is 25.7 Å². The van der Waals surface area contributed by atoms with Gasteiger partial charge in [0.05, 0.1) is 6.04 Å². The molecule has 162 valence electrons. The number of aliphatic imine (C=N–C) groups is 1. The number of nitrogens with one attached hydrogen (secondary N) is 1. The van der Waals surface area contributed by atoms with Crippen molar-refractivity contribution in [2.24, 2.45) is 10.9 Å². The summed E-state index contributed by atoms with van der Waals surface area (Å²) in [7, 11) is 0. The first-order valence-corrected chi connectivity index (χ1v) is 12.1. The van der Waals surface area contributed by atoms with E-state index in [0.29, 0.717) is 18.0 Å². The summed E-state index contributed by atoms with van der Waals surface area (Å²) in [5, 5.41) is 3.25. The van der Waals surface area contributed by atoms with E-state index >= 15 is 0 Å². The lowest BCUT2D eigenvalue weighted by Gasteiger charge is -2.47. The number of rotatable bonds is 5. The number of piperidine rings is 1. The number of nitrogens with zero attached hydrogens (tertiary/aromatic N) is 3. The highest BCUT2D eigenvalue weighted by Gasteiger charge is 2.54. The van der Waals surface area contributed by atoms with Crippen molar-refractivity contribution in [2.45, 2.75) is 88.9 Å². The molecule has 2 aliphatic heterocycles. The van der Waals surface area contributed by atoms with E-state index in [1.807, 2.05) is 0 Å². The van der Waals surface area contributed by atoms with E-state index in [-0.39, 0.29) is 11.6 Å². The van der Waals surface area contributed by atoms with Crippen molar-refractivity contribution in [3.63, 3.8) is 0 Å². The number of amidine groups is 1. The van der Waals surface area contributed by atoms with Crippen LogP contribution in [0.25, 0.3) is 0 Å². The van der Waals surface area contributed by atoms with Crippen molar-refractivity contribution in [1.29, 1.82) is 0 Å². The van der Waals surface area contributed by atoms with Crippen LogP contribution in [0.5, 0.6) is 0 Å².